The molecule has 0 bridgehead atoms. The second-order valence-corrected chi connectivity index (χ2v) is 4.21. The maximum Gasteiger partial charge on any atom is 0.161 e. The number of ketones is 1. The van der Waals surface area contributed by atoms with Crippen LogP contribution in [0.15, 0.2) is 18.2 Å². The van der Waals surface area contributed by atoms with E-state index in [4.69, 9.17) is 0 Å². The minimum absolute atomic E-state index is 0.0754. The number of hydrogen-bond donors (Lipinski definition) is 0. The van der Waals surface area contributed by atoms with Gasteiger partial charge < -0.3 is 4.90 Å². The van der Waals surface area contributed by atoms with Crippen molar-refractivity contribution < 1.29 is 9.18 Å². The molecule has 1 aromatic carbocycles. The molecule has 0 amide bonds. The summed E-state index contributed by atoms with van der Waals surface area (Å²) in [5.41, 5.74) is 0.980. The first-order valence-electron chi connectivity index (χ1n) is 5.71. The van der Waals surface area contributed by atoms with Crippen LogP contribution in [0, 0.1) is 5.82 Å². The Bertz CT molecular complexity index is 412. The van der Waals surface area contributed by atoms with Gasteiger partial charge in [0.1, 0.15) is 5.82 Å². The fourth-order valence-electron chi connectivity index (χ4n) is 2.08. The van der Waals surface area contributed by atoms with Gasteiger partial charge in [0.25, 0.3) is 0 Å². The van der Waals surface area contributed by atoms with Crippen molar-refractivity contribution >= 4 is 11.5 Å². The minimum atomic E-state index is -0.290. The largest absolute Gasteiger partial charge is 0.366 e. The molecule has 2 nitrogen and oxygen atoms in total. The van der Waals surface area contributed by atoms with Crippen LogP contribution in [0.4, 0.5) is 10.1 Å². The van der Waals surface area contributed by atoms with Crippen molar-refractivity contribution in [2.24, 2.45) is 0 Å². The molecular weight excluding hydrogens is 205 g/mol. The van der Waals surface area contributed by atoms with Gasteiger partial charge in [0, 0.05) is 18.2 Å². The van der Waals surface area contributed by atoms with Crippen LogP contribution in [0.1, 0.15) is 37.0 Å². The normalized spacial score (nSPS) is 14.9. The van der Waals surface area contributed by atoms with Crippen molar-refractivity contribution in [1.82, 2.24) is 0 Å². The molecule has 0 heterocycles. The summed E-state index contributed by atoms with van der Waals surface area (Å²) in [4.78, 5) is 13.5. The molecule has 0 unspecified atom stereocenters. The molecule has 0 N–H and O–H groups in total. The zero-order chi connectivity index (χ0) is 11.7. The average molecular weight is 221 g/mol. The number of benzene rings is 1. The van der Waals surface area contributed by atoms with Gasteiger partial charge >= 0.3 is 0 Å². The summed E-state index contributed by atoms with van der Waals surface area (Å²) in [6.45, 7) is 4.22. The Balaban J connectivity index is 2.47. The van der Waals surface area contributed by atoms with Crippen molar-refractivity contribution in [3.63, 3.8) is 0 Å². The predicted molar refractivity (Wildman–Crippen MR) is 62.4 cm³/mol. The van der Waals surface area contributed by atoms with Gasteiger partial charge in [-0.2, -0.15) is 0 Å². The second kappa shape index (κ2) is 4.24. The highest BCUT2D eigenvalue weighted by Gasteiger charge is 2.31. The molecule has 16 heavy (non-hydrogen) atoms. The van der Waals surface area contributed by atoms with Gasteiger partial charge in [-0.05, 0) is 38.8 Å². The number of nitrogens with zero attached hydrogens (tertiary/aromatic N) is 1. The summed E-state index contributed by atoms with van der Waals surface area (Å²) in [6, 6.07) is 5.13. The number of carbonyl (C=O) groups excluding carboxylic acids is 1. The summed E-state index contributed by atoms with van der Waals surface area (Å²) < 4.78 is 13.8. The fraction of sp³-hybridized carbons (Fsp3) is 0.462. The number of halogens is 1. The SMILES string of the molecule is CCN(c1c(F)cccc1C(C)=O)C1CC1. The molecule has 3 heteroatoms. The van der Waals surface area contributed by atoms with Gasteiger partial charge in [-0.3, -0.25) is 4.79 Å². The summed E-state index contributed by atoms with van der Waals surface area (Å²) in [7, 11) is 0. The Hall–Kier alpha value is -1.38. The van der Waals surface area contributed by atoms with E-state index in [1.807, 2.05) is 11.8 Å². The van der Waals surface area contributed by atoms with E-state index in [2.05, 4.69) is 0 Å². The third-order valence-corrected chi connectivity index (χ3v) is 2.98. The lowest BCUT2D eigenvalue weighted by Gasteiger charge is -2.25. The highest BCUT2D eigenvalue weighted by molar-refractivity contribution is 6.00. The Labute approximate surface area is 95.1 Å². The van der Waals surface area contributed by atoms with E-state index >= 15 is 0 Å². The van der Waals surface area contributed by atoms with Crippen LogP contribution in [-0.4, -0.2) is 18.4 Å². The lowest BCUT2D eigenvalue weighted by molar-refractivity contribution is 0.101. The van der Waals surface area contributed by atoms with Gasteiger partial charge in [-0.1, -0.05) is 6.07 Å². The Morgan fingerprint density at radius 3 is 2.69 bits per heavy atom. The average Bonchev–Trinajstić information content (AvgIpc) is 3.05. The zero-order valence-corrected chi connectivity index (χ0v) is 9.66. The van der Waals surface area contributed by atoms with Gasteiger partial charge in [0.05, 0.1) is 5.69 Å². The van der Waals surface area contributed by atoms with Crippen LogP contribution >= 0.6 is 0 Å². The predicted octanol–water partition coefficient (Wildman–Crippen LogP) is 3.02. The van der Waals surface area contributed by atoms with Gasteiger partial charge in [-0.15, -0.1) is 0 Å². The molecule has 0 aliphatic heterocycles. The summed E-state index contributed by atoms with van der Waals surface area (Å²) in [5, 5.41) is 0. The smallest absolute Gasteiger partial charge is 0.161 e. The lowest BCUT2D eigenvalue weighted by atomic mass is 10.1. The molecular formula is C13H16FNO. The fourth-order valence-corrected chi connectivity index (χ4v) is 2.08. The number of para-hydroxylation sites is 1. The zero-order valence-electron chi connectivity index (χ0n) is 9.66. The van der Waals surface area contributed by atoms with Crippen molar-refractivity contribution in [2.45, 2.75) is 32.7 Å². The van der Waals surface area contributed by atoms with Crippen LogP contribution in [0.25, 0.3) is 0 Å². The highest BCUT2D eigenvalue weighted by Crippen LogP contribution is 2.35. The van der Waals surface area contributed by atoms with Gasteiger partial charge in [-0.25, -0.2) is 4.39 Å². The van der Waals surface area contributed by atoms with Crippen molar-refractivity contribution in [1.29, 1.82) is 0 Å². The molecule has 1 aliphatic rings. The maximum absolute atomic E-state index is 13.8. The van der Waals surface area contributed by atoms with Gasteiger partial charge in [0.2, 0.25) is 0 Å². The molecule has 1 saturated carbocycles. The first kappa shape index (κ1) is 11.1. The van der Waals surface area contributed by atoms with Crippen LogP contribution in [0.2, 0.25) is 0 Å². The van der Waals surface area contributed by atoms with Crippen LogP contribution in [-0.2, 0) is 0 Å². The monoisotopic (exact) mass is 221 g/mol. The number of Topliss-reactive ketones (excluding diaryl/α,β-unsaturated/α-hetero) is 1. The third kappa shape index (κ3) is 1.94. The van der Waals surface area contributed by atoms with Gasteiger partial charge in [0.15, 0.2) is 5.78 Å². The van der Waals surface area contributed by atoms with E-state index in [9.17, 15) is 9.18 Å². The van der Waals surface area contributed by atoms with E-state index < -0.39 is 0 Å². The molecule has 1 aliphatic carbocycles. The first-order chi connectivity index (χ1) is 7.65. The van der Waals surface area contributed by atoms with Crippen LogP contribution in [0.3, 0.4) is 0 Å². The topological polar surface area (TPSA) is 20.3 Å². The number of anilines is 1. The number of hydrogen-bond acceptors (Lipinski definition) is 2. The maximum atomic E-state index is 13.8. The molecule has 0 spiro atoms. The molecule has 0 atom stereocenters. The van der Waals surface area contributed by atoms with E-state index in [1.54, 1.807) is 12.1 Å². The quantitative estimate of drug-likeness (QED) is 0.728. The summed E-state index contributed by atoms with van der Waals surface area (Å²) in [5.74, 6) is -0.366. The Morgan fingerprint density at radius 1 is 1.50 bits per heavy atom. The first-order valence-corrected chi connectivity index (χ1v) is 5.71. The van der Waals surface area contributed by atoms with Crippen molar-refractivity contribution in [2.75, 3.05) is 11.4 Å². The molecule has 1 fully saturated rings. The van der Waals surface area contributed by atoms with E-state index in [1.165, 1.54) is 13.0 Å². The number of carbonyl (C=O) groups is 1. The molecule has 0 radical (unpaired) electrons. The third-order valence-electron chi connectivity index (χ3n) is 2.98. The lowest BCUT2D eigenvalue weighted by Crippen LogP contribution is -2.27. The van der Waals surface area contributed by atoms with E-state index in [0.29, 0.717) is 17.3 Å². The minimum Gasteiger partial charge on any atom is -0.366 e. The standard InChI is InChI=1S/C13H16FNO/c1-3-15(10-7-8-10)13-11(9(2)16)5-4-6-12(13)14/h4-6,10H,3,7-8H2,1-2H3. The Kier molecular flexibility index (Phi) is 2.95. The van der Waals surface area contributed by atoms with Crippen LogP contribution < -0.4 is 4.90 Å². The van der Waals surface area contributed by atoms with E-state index in [0.717, 1.165) is 19.4 Å². The molecule has 2 rings (SSSR count). The molecule has 1 aromatic rings. The summed E-state index contributed by atoms with van der Waals surface area (Å²) in [6.07, 6.45) is 2.19. The summed E-state index contributed by atoms with van der Waals surface area (Å²) >= 11 is 0. The molecule has 86 valence electrons. The Morgan fingerprint density at radius 2 is 2.19 bits per heavy atom. The molecule has 0 saturated heterocycles. The van der Waals surface area contributed by atoms with E-state index in [-0.39, 0.29) is 11.6 Å². The number of rotatable bonds is 4. The molecule has 0 aromatic heterocycles. The van der Waals surface area contributed by atoms with Crippen LogP contribution in [0.5, 0.6) is 0 Å². The second-order valence-electron chi connectivity index (χ2n) is 4.21. The van der Waals surface area contributed by atoms with Crippen molar-refractivity contribution in [3.05, 3.63) is 29.6 Å². The van der Waals surface area contributed by atoms with Crippen molar-refractivity contribution in [3.8, 4) is 0 Å². The highest BCUT2D eigenvalue weighted by atomic mass is 19.1.